The minimum absolute atomic E-state index is 0.0158. The number of nitrogens with two attached hydrogens (primary N) is 1. The summed E-state index contributed by atoms with van der Waals surface area (Å²) in [7, 11) is 0. The van der Waals surface area contributed by atoms with Gasteiger partial charge in [-0.15, -0.1) is 11.3 Å². The van der Waals surface area contributed by atoms with Gasteiger partial charge in [0, 0.05) is 41.6 Å². The van der Waals surface area contributed by atoms with Gasteiger partial charge in [-0.3, -0.25) is 28.8 Å². The predicted octanol–water partition coefficient (Wildman–Crippen LogP) is 5.70. The summed E-state index contributed by atoms with van der Waals surface area (Å²) in [4.78, 5) is 89.3. The molecule has 1 atom stereocenters. The first-order chi connectivity index (χ1) is 28.1. The maximum atomic E-state index is 13.4. The number of carbonyl (C=O) groups is 7. The number of nitrogens with zero attached hydrogens (tertiary/aromatic N) is 1. The van der Waals surface area contributed by atoms with E-state index in [0.29, 0.717) is 32.1 Å². The number of ketones is 3. The number of ether oxygens (including phenoxy) is 1. The molecule has 0 aliphatic rings. The first-order valence-electron chi connectivity index (χ1n) is 18.1. The normalized spacial score (nSPS) is 11.2. The van der Waals surface area contributed by atoms with Crippen LogP contribution >= 0.6 is 11.3 Å². The number of carboxylic acids is 1. The highest BCUT2D eigenvalue weighted by molar-refractivity contribution is 7.14. The highest BCUT2D eigenvalue weighted by Crippen LogP contribution is 2.36. The molecule has 0 saturated carbocycles. The minimum Gasteiger partial charge on any atom is -0.504 e. The molecule has 300 valence electrons. The molecule has 59 heavy (non-hydrogen) atoms. The molecular weight excluding hydrogens is 777 g/mol. The van der Waals surface area contributed by atoms with Gasteiger partial charge >= 0.3 is 5.97 Å². The molecule has 1 heterocycles. The maximum Gasteiger partial charge on any atom is 0.335 e. The second-order valence-corrected chi connectivity index (χ2v) is 14.7. The van der Waals surface area contributed by atoms with Crippen molar-refractivity contribution >= 4 is 58.1 Å². The number of amides is 3. The summed E-state index contributed by atoms with van der Waals surface area (Å²) in [6, 6.07) is 24.5. The molecule has 0 aliphatic heterocycles. The number of aromatic carboxylic acids is 1. The van der Waals surface area contributed by atoms with E-state index in [-0.39, 0.29) is 53.0 Å². The van der Waals surface area contributed by atoms with E-state index in [9.17, 15) is 38.7 Å². The van der Waals surface area contributed by atoms with E-state index in [0.717, 1.165) is 11.3 Å². The van der Waals surface area contributed by atoms with Crippen molar-refractivity contribution in [3.8, 4) is 17.6 Å². The van der Waals surface area contributed by atoms with Crippen LogP contribution in [0.4, 0.5) is 5.69 Å². The molecule has 0 radical (unpaired) electrons. The molecule has 5 rings (SSSR count). The minimum atomic E-state index is -1.26. The van der Waals surface area contributed by atoms with Crippen LogP contribution < -0.4 is 21.1 Å². The summed E-state index contributed by atoms with van der Waals surface area (Å²) < 4.78 is 5.86. The van der Waals surface area contributed by atoms with E-state index in [4.69, 9.17) is 20.8 Å². The summed E-state index contributed by atoms with van der Waals surface area (Å²) in [5.74, 6) is -4.73. The number of anilines is 1. The number of nitrogens with one attached hydrogen (secondary N) is 2. The summed E-state index contributed by atoms with van der Waals surface area (Å²) in [6.45, 7) is 3.45. The van der Waals surface area contributed by atoms with Crippen LogP contribution in [0, 0.1) is 11.3 Å². The Hall–Kier alpha value is -7.44. The van der Waals surface area contributed by atoms with Crippen molar-refractivity contribution in [1.82, 2.24) is 5.32 Å². The fourth-order valence-corrected chi connectivity index (χ4v) is 6.60. The Bertz CT molecular complexity index is 2470. The quantitative estimate of drug-likeness (QED) is 0.0672. The number of hydrogen-bond donors (Lipinski definition) is 5. The first kappa shape index (κ1) is 42.7. The van der Waals surface area contributed by atoms with E-state index in [1.54, 1.807) is 26.0 Å². The van der Waals surface area contributed by atoms with E-state index >= 15 is 0 Å². The number of benzene rings is 4. The third-order valence-electron chi connectivity index (χ3n) is 8.88. The number of primary amides is 1. The van der Waals surface area contributed by atoms with Gasteiger partial charge in [0.25, 0.3) is 11.8 Å². The lowest BCUT2D eigenvalue weighted by molar-refractivity contribution is -0.125. The van der Waals surface area contributed by atoms with Gasteiger partial charge in [-0.05, 0) is 79.6 Å². The van der Waals surface area contributed by atoms with Crippen LogP contribution in [0.5, 0.6) is 11.5 Å². The van der Waals surface area contributed by atoms with Crippen molar-refractivity contribution in [1.29, 1.82) is 5.26 Å². The molecule has 0 bridgehead atoms. The van der Waals surface area contributed by atoms with Gasteiger partial charge in [-0.2, -0.15) is 5.26 Å². The fourth-order valence-electron chi connectivity index (χ4n) is 5.90. The zero-order chi connectivity index (χ0) is 42.8. The van der Waals surface area contributed by atoms with Crippen molar-refractivity contribution in [3.05, 3.63) is 146 Å². The van der Waals surface area contributed by atoms with Gasteiger partial charge in [-0.1, -0.05) is 42.5 Å². The summed E-state index contributed by atoms with van der Waals surface area (Å²) in [5.41, 5.74) is 7.64. The maximum absolute atomic E-state index is 13.4. The first-order valence-corrected chi connectivity index (χ1v) is 19.0. The number of phenols is 1. The number of aromatic hydroxyl groups is 1. The summed E-state index contributed by atoms with van der Waals surface area (Å²) in [6.07, 6.45) is -1.39. The highest BCUT2D eigenvalue weighted by Gasteiger charge is 2.25. The highest BCUT2D eigenvalue weighted by atomic mass is 32.1. The van der Waals surface area contributed by atoms with Crippen molar-refractivity contribution < 1.29 is 48.5 Å². The molecule has 14 nitrogen and oxygen atoms in total. The standard InChI is InChI=1S/C44H38N4O10S/c1-24(2)58-41-30(13-17-33(40(41)53)36(50)19-25-5-9-29(10-6-25)44(56)57)21-35(49)27-7-3-26(4-8-27)20-37(51)34(22-39(46)52)48-42(54)28-11-14-31(15-12-28)47-43(55)38-18-16-32(23-45)59-38/h3-18,24,34,53H,19-22H2,1-2H3,(H2,46,52)(H,47,55)(H,48,54)(H,56,57)/t34-/m0/s1. The van der Waals surface area contributed by atoms with E-state index < -0.39 is 59.6 Å². The van der Waals surface area contributed by atoms with Gasteiger partial charge in [-0.25, -0.2) is 4.79 Å². The van der Waals surface area contributed by atoms with Crippen LogP contribution in [0.3, 0.4) is 0 Å². The SMILES string of the molecule is CC(C)Oc1c(CC(=O)c2ccc(CC(=O)[C@H](CC(N)=O)NC(=O)c3ccc(NC(=O)c4ccc(C#N)s4)cc3)cc2)ccc(C(=O)Cc2ccc(C(=O)O)cc2)c1O. The van der Waals surface area contributed by atoms with E-state index in [2.05, 4.69) is 10.6 Å². The van der Waals surface area contributed by atoms with Crippen LogP contribution in [-0.4, -0.2) is 63.4 Å². The molecule has 0 aliphatic carbocycles. The largest absolute Gasteiger partial charge is 0.504 e. The second kappa shape index (κ2) is 19.1. The van der Waals surface area contributed by atoms with E-state index in [1.807, 2.05) is 6.07 Å². The third kappa shape index (κ3) is 11.3. The van der Waals surface area contributed by atoms with Crippen molar-refractivity contribution in [2.45, 2.75) is 51.7 Å². The summed E-state index contributed by atoms with van der Waals surface area (Å²) >= 11 is 1.04. The predicted molar refractivity (Wildman–Crippen MR) is 217 cm³/mol. The number of nitriles is 1. The average Bonchev–Trinajstić information content (AvgIpc) is 3.69. The molecule has 3 amide bonds. The third-order valence-corrected chi connectivity index (χ3v) is 9.87. The monoisotopic (exact) mass is 814 g/mol. The lowest BCUT2D eigenvalue weighted by Crippen LogP contribution is -2.44. The smallest absolute Gasteiger partial charge is 0.335 e. The number of hydrogen-bond acceptors (Lipinski definition) is 11. The van der Waals surface area contributed by atoms with Crippen molar-refractivity contribution in [3.63, 3.8) is 0 Å². The van der Waals surface area contributed by atoms with Crippen molar-refractivity contribution in [2.75, 3.05) is 5.32 Å². The van der Waals surface area contributed by atoms with Gasteiger partial charge in [0.05, 0.1) is 34.6 Å². The van der Waals surface area contributed by atoms with E-state index in [1.165, 1.54) is 84.9 Å². The summed E-state index contributed by atoms with van der Waals surface area (Å²) in [5, 5.41) is 34.5. The second-order valence-electron chi connectivity index (χ2n) is 13.7. The van der Waals surface area contributed by atoms with Gasteiger partial charge in [0.1, 0.15) is 10.9 Å². The van der Waals surface area contributed by atoms with Gasteiger partial charge in [0.15, 0.2) is 28.8 Å². The molecule has 15 heteroatoms. The molecule has 0 unspecified atom stereocenters. The lowest BCUT2D eigenvalue weighted by Gasteiger charge is -2.18. The van der Waals surface area contributed by atoms with Crippen LogP contribution in [0.2, 0.25) is 0 Å². The Labute approximate surface area is 342 Å². The number of carboxylic acid groups (broad SMARTS) is 1. The van der Waals surface area contributed by atoms with Gasteiger partial charge in [0.2, 0.25) is 5.91 Å². The topological polar surface area (TPSA) is 243 Å². The van der Waals surface area contributed by atoms with Crippen LogP contribution in [0.25, 0.3) is 0 Å². The lowest BCUT2D eigenvalue weighted by atomic mass is 9.95. The number of rotatable bonds is 18. The van der Waals surface area contributed by atoms with Crippen LogP contribution in [0.15, 0.2) is 97.1 Å². The molecule has 4 aromatic carbocycles. The Balaban J connectivity index is 1.22. The average molecular weight is 815 g/mol. The molecule has 0 fully saturated rings. The molecule has 0 spiro atoms. The van der Waals surface area contributed by atoms with Crippen LogP contribution in [0.1, 0.15) is 92.9 Å². The Morgan fingerprint density at radius 1 is 0.746 bits per heavy atom. The number of Topliss-reactive ketones (excluding diaryl/α,β-unsaturated/α-hetero) is 3. The van der Waals surface area contributed by atoms with Gasteiger partial charge < -0.3 is 31.3 Å². The molecular formula is C44H38N4O10S. The Kier molecular flexibility index (Phi) is 13.8. The fraction of sp³-hybridized carbons (Fsp3) is 0.182. The zero-order valence-corrected chi connectivity index (χ0v) is 32.6. The molecule has 1 aromatic heterocycles. The van der Waals surface area contributed by atoms with Crippen LogP contribution in [-0.2, 0) is 28.9 Å². The number of phenolic OH excluding ortho intramolecular Hbond substituents is 1. The van der Waals surface area contributed by atoms with Crippen molar-refractivity contribution in [2.24, 2.45) is 5.73 Å². The zero-order valence-electron chi connectivity index (χ0n) is 31.8. The number of thiophene rings is 1. The molecule has 0 saturated heterocycles. The molecule has 5 aromatic rings. The Morgan fingerprint density at radius 3 is 1.93 bits per heavy atom. The number of carbonyl (C=O) groups excluding carboxylic acids is 6. The Morgan fingerprint density at radius 2 is 1.36 bits per heavy atom. The molecule has 6 N–H and O–H groups in total.